The summed E-state index contributed by atoms with van der Waals surface area (Å²) >= 11 is 0. The Labute approximate surface area is 178 Å². The molecule has 2 N–H and O–H groups in total. The predicted molar refractivity (Wildman–Crippen MR) is 113 cm³/mol. The smallest absolute Gasteiger partial charge is 0.408 e. The Morgan fingerprint density at radius 2 is 1.43 bits per heavy atom. The Morgan fingerprint density at radius 3 is 1.93 bits per heavy atom. The molecular weight excluding hydrogens is 388 g/mol. The van der Waals surface area contributed by atoms with Crippen LogP contribution in [0.5, 0.6) is 0 Å². The number of carbonyl (C=O) groups is 3. The first-order valence-electron chi connectivity index (χ1n) is 9.88. The van der Waals surface area contributed by atoms with Crippen molar-refractivity contribution in [2.24, 2.45) is 0 Å². The topological polar surface area (TPSA) is 103 Å². The van der Waals surface area contributed by atoms with E-state index in [0.29, 0.717) is 6.42 Å². The highest BCUT2D eigenvalue weighted by molar-refractivity contribution is 5.82. The zero-order valence-corrected chi connectivity index (χ0v) is 18.9. The molecule has 0 unspecified atom stereocenters. The summed E-state index contributed by atoms with van der Waals surface area (Å²) in [5.41, 5.74) is -0.454. The molecule has 0 saturated carbocycles. The van der Waals surface area contributed by atoms with Crippen LogP contribution in [0.25, 0.3) is 0 Å². The van der Waals surface area contributed by atoms with E-state index in [4.69, 9.17) is 14.2 Å². The Balaban J connectivity index is 2.91. The average molecular weight is 423 g/mol. The summed E-state index contributed by atoms with van der Waals surface area (Å²) in [7, 11) is 1.22. The van der Waals surface area contributed by atoms with Crippen LogP contribution >= 0.6 is 0 Å². The Hall–Kier alpha value is -2.61. The molecule has 0 radical (unpaired) electrons. The molecule has 0 aliphatic heterocycles. The lowest BCUT2D eigenvalue weighted by Gasteiger charge is -2.26. The van der Waals surface area contributed by atoms with Gasteiger partial charge < -0.3 is 24.8 Å². The molecule has 1 amide bonds. The zero-order chi connectivity index (χ0) is 22.9. The van der Waals surface area contributed by atoms with Crippen LogP contribution in [0.1, 0.15) is 47.1 Å². The fraction of sp³-hybridized carbons (Fsp3) is 0.591. The standard InChI is InChI=1S/C22H34N2O6/c1-21(2,3)29-19(26)16(13-15-11-9-8-10-12-15)23-14-17(18(25)28-7)24-20(27)30-22(4,5)6/h8-12,16-17,23H,13-14H2,1-7H3,(H,24,27)/t16-,17+/m0/s1. The number of alkyl carbamates (subject to hydrolysis) is 1. The Kier molecular flexibility index (Phi) is 9.29. The molecule has 2 atom stereocenters. The Morgan fingerprint density at radius 1 is 0.867 bits per heavy atom. The fourth-order valence-electron chi connectivity index (χ4n) is 2.51. The minimum atomic E-state index is -1.04. The second-order valence-electron chi connectivity index (χ2n) is 8.91. The largest absolute Gasteiger partial charge is 0.467 e. The van der Waals surface area contributed by atoms with E-state index in [1.165, 1.54) is 7.11 Å². The van der Waals surface area contributed by atoms with Crippen LogP contribution in [-0.4, -0.2) is 55.0 Å². The fourth-order valence-corrected chi connectivity index (χ4v) is 2.51. The summed E-state index contributed by atoms with van der Waals surface area (Å²) in [5.74, 6) is -1.11. The van der Waals surface area contributed by atoms with Crippen LogP contribution < -0.4 is 10.6 Å². The maximum Gasteiger partial charge on any atom is 0.408 e. The second kappa shape index (κ2) is 11.0. The first-order valence-corrected chi connectivity index (χ1v) is 9.88. The molecule has 168 valence electrons. The number of ether oxygens (including phenoxy) is 3. The van der Waals surface area contributed by atoms with Gasteiger partial charge in [-0.05, 0) is 53.5 Å². The average Bonchev–Trinajstić information content (AvgIpc) is 2.61. The number of hydrogen-bond donors (Lipinski definition) is 2. The number of amides is 1. The van der Waals surface area contributed by atoms with Crippen molar-refractivity contribution < 1.29 is 28.6 Å². The highest BCUT2D eigenvalue weighted by Crippen LogP contribution is 2.12. The minimum Gasteiger partial charge on any atom is -0.467 e. The molecule has 0 fully saturated rings. The highest BCUT2D eigenvalue weighted by atomic mass is 16.6. The predicted octanol–water partition coefficient (Wildman–Crippen LogP) is 2.60. The van der Waals surface area contributed by atoms with Crippen molar-refractivity contribution in [1.82, 2.24) is 10.6 Å². The maximum absolute atomic E-state index is 12.7. The molecule has 0 saturated heterocycles. The van der Waals surface area contributed by atoms with Gasteiger partial charge in [0.25, 0.3) is 0 Å². The monoisotopic (exact) mass is 422 g/mol. The van der Waals surface area contributed by atoms with E-state index in [0.717, 1.165) is 5.56 Å². The number of nitrogens with one attached hydrogen (secondary N) is 2. The van der Waals surface area contributed by atoms with Gasteiger partial charge in [0.15, 0.2) is 0 Å². The van der Waals surface area contributed by atoms with Crippen LogP contribution in [0.4, 0.5) is 4.79 Å². The van der Waals surface area contributed by atoms with Crippen molar-refractivity contribution >= 4 is 18.0 Å². The van der Waals surface area contributed by atoms with Crippen molar-refractivity contribution in [2.75, 3.05) is 13.7 Å². The summed E-state index contributed by atoms with van der Waals surface area (Å²) in [5, 5.41) is 5.51. The molecule has 0 aliphatic rings. The van der Waals surface area contributed by atoms with Gasteiger partial charge in [0.1, 0.15) is 23.3 Å². The molecule has 8 heteroatoms. The van der Waals surface area contributed by atoms with Crippen LogP contribution in [0.15, 0.2) is 30.3 Å². The van der Waals surface area contributed by atoms with Gasteiger partial charge in [-0.1, -0.05) is 30.3 Å². The summed E-state index contributed by atoms with van der Waals surface area (Å²) in [6, 6.07) is 7.68. The lowest BCUT2D eigenvalue weighted by Crippen LogP contribution is -2.53. The van der Waals surface area contributed by atoms with E-state index in [1.54, 1.807) is 41.5 Å². The SMILES string of the molecule is COC(=O)[C@@H](CN[C@@H](Cc1ccccc1)C(=O)OC(C)(C)C)NC(=O)OC(C)(C)C. The third-order valence-corrected chi connectivity index (χ3v) is 3.72. The van der Waals surface area contributed by atoms with E-state index in [9.17, 15) is 14.4 Å². The van der Waals surface area contributed by atoms with Crippen LogP contribution in [0.2, 0.25) is 0 Å². The molecule has 30 heavy (non-hydrogen) atoms. The number of methoxy groups -OCH3 is 1. The summed E-state index contributed by atoms with van der Waals surface area (Å²) < 4.78 is 15.5. The van der Waals surface area contributed by atoms with Gasteiger partial charge in [-0.3, -0.25) is 4.79 Å². The van der Waals surface area contributed by atoms with Gasteiger partial charge in [-0.15, -0.1) is 0 Å². The van der Waals surface area contributed by atoms with Crippen molar-refractivity contribution in [3.8, 4) is 0 Å². The van der Waals surface area contributed by atoms with Gasteiger partial charge in [-0.2, -0.15) is 0 Å². The molecule has 0 heterocycles. The van der Waals surface area contributed by atoms with Crippen molar-refractivity contribution in [3.63, 3.8) is 0 Å². The van der Waals surface area contributed by atoms with Gasteiger partial charge in [0.2, 0.25) is 0 Å². The quantitative estimate of drug-likeness (QED) is 0.490. The molecule has 0 bridgehead atoms. The van der Waals surface area contributed by atoms with Gasteiger partial charge in [0, 0.05) is 6.54 Å². The van der Waals surface area contributed by atoms with E-state index in [2.05, 4.69) is 10.6 Å². The maximum atomic E-state index is 12.7. The number of benzene rings is 1. The number of carbonyl (C=O) groups excluding carboxylic acids is 3. The molecular formula is C22H34N2O6. The summed E-state index contributed by atoms with van der Waals surface area (Å²) in [6.07, 6.45) is -0.396. The minimum absolute atomic E-state index is 0.0390. The Bertz CT molecular complexity index is 707. The third-order valence-electron chi connectivity index (χ3n) is 3.72. The molecule has 1 rings (SSSR count). The van der Waals surface area contributed by atoms with E-state index in [-0.39, 0.29) is 6.54 Å². The van der Waals surface area contributed by atoms with Crippen molar-refractivity contribution in [1.29, 1.82) is 0 Å². The normalized spacial score (nSPS) is 13.7. The second-order valence-corrected chi connectivity index (χ2v) is 8.91. The molecule has 0 aromatic heterocycles. The first-order chi connectivity index (χ1) is 13.8. The lowest BCUT2D eigenvalue weighted by atomic mass is 10.1. The molecule has 1 aromatic rings. The van der Waals surface area contributed by atoms with E-state index >= 15 is 0 Å². The molecule has 0 spiro atoms. The van der Waals surface area contributed by atoms with Crippen LogP contribution in [0.3, 0.4) is 0 Å². The van der Waals surface area contributed by atoms with Gasteiger partial charge in [0.05, 0.1) is 7.11 Å². The zero-order valence-electron chi connectivity index (χ0n) is 18.9. The highest BCUT2D eigenvalue weighted by Gasteiger charge is 2.29. The van der Waals surface area contributed by atoms with Gasteiger partial charge in [-0.25, -0.2) is 9.59 Å². The van der Waals surface area contributed by atoms with Crippen molar-refractivity contribution in [3.05, 3.63) is 35.9 Å². The van der Waals surface area contributed by atoms with Crippen LogP contribution in [0, 0.1) is 0 Å². The van der Waals surface area contributed by atoms with Crippen molar-refractivity contribution in [2.45, 2.75) is 71.2 Å². The molecule has 1 aromatic carbocycles. The van der Waals surface area contributed by atoms with Gasteiger partial charge >= 0.3 is 18.0 Å². The summed E-state index contributed by atoms with van der Waals surface area (Å²) in [6.45, 7) is 10.5. The number of hydrogen-bond acceptors (Lipinski definition) is 7. The first kappa shape index (κ1) is 25.4. The third kappa shape index (κ3) is 10.2. The molecule has 8 nitrogen and oxygen atoms in total. The summed E-state index contributed by atoms with van der Waals surface area (Å²) in [4.78, 5) is 36.9. The number of esters is 2. The number of rotatable bonds is 8. The molecule has 0 aliphatic carbocycles. The lowest BCUT2D eigenvalue weighted by molar-refractivity contribution is -0.157. The van der Waals surface area contributed by atoms with E-state index < -0.39 is 41.3 Å². The van der Waals surface area contributed by atoms with E-state index in [1.807, 2.05) is 30.3 Å². The van der Waals surface area contributed by atoms with Crippen LogP contribution in [-0.2, 0) is 30.2 Å².